The molecule has 0 spiro atoms. The molecule has 0 bridgehead atoms. The Labute approximate surface area is 188 Å². The summed E-state index contributed by atoms with van der Waals surface area (Å²) >= 11 is 0. The normalized spacial score (nSPS) is 16.3. The van der Waals surface area contributed by atoms with Crippen molar-refractivity contribution in [2.75, 3.05) is 27.4 Å². The fourth-order valence-corrected chi connectivity index (χ4v) is 3.59. The van der Waals surface area contributed by atoms with Gasteiger partial charge in [-0.25, -0.2) is 0 Å². The number of amides is 1. The largest absolute Gasteiger partial charge is 0.503 e. The zero-order valence-electron chi connectivity index (χ0n) is 19.0. The molecule has 2 aromatic carbocycles. The first-order valence-electron chi connectivity index (χ1n) is 10.4. The molecule has 0 saturated heterocycles. The van der Waals surface area contributed by atoms with E-state index < -0.39 is 23.1 Å². The summed E-state index contributed by atoms with van der Waals surface area (Å²) < 4.78 is 16.1. The molecule has 0 aromatic heterocycles. The highest BCUT2D eigenvalue weighted by Crippen LogP contribution is 2.41. The summed E-state index contributed by atoms with van der Waals surface area (Å²) in [6, 6.07) is 13.5. The predicted octanol–water partition coefficient (Wildman–Crippen LogP) is 4.09. The third kappa shape index (κ3) is 4.72. The fourth-order valence-electron chi connectivity index (χ4n) is 3.59. The average Bonchev–Trinajstić information content (AvgIpc) is 3.03. The molecule has 3 rings (SSSR count). The number of Topliss-reactive ketones (excluding diaryl/α,β-unsaturated/α-hetero) is 1. The van der Waals surface area contributed by atoms with Crippen LogP contribution in [-0.4, -0.2) is 49.1 Å². The minimum absolute atomic E-state index is 0.108. The van der Waals surface area contributed by atoms with Gasteiger partial charge in [0.2, 0.25) is 0 Å². The second-order valence-electron chi connectivity index (χ2n) is 8.54. The highest BCUT2D eigenvalue weighted by molar-refractivity contribution is 6.10. The van der Waals surface area contributed by atoms with E-state index >= 15 is 0 Å². The number of benzene rings is 2. The van der Waals surface area contributed by atoms with Crippen LogP contribution in [0.3, 0.4) is 0 Å². The van der Waals surface area contributed by atoms with Crippen LogP contribution in [0.5, 0.6) is 17.2 Å². The van der Waals surface area contributed by atoms with Crippen LogP contribution in [0.4, 0.5) is 0 Å². The molecule has 1 N–H and O–H groups in total. The topological polar surface area (TPSA) is 85.3 Å². The van der Waals surface area contributed by atoms with Crippen molar-refractivity contribution in [1.29, 1.82) is 0 Å². The van der Waals surface area contributed by atoms with Crippen molar-refractivity contribution in [2.24, 2.45) is 5.41 Å². The molecule has 1 aliphatic heterocycles. The second kappa shape index (κ2) is 9.34. The average molecular weight is 440 g/mol. The Balaban J connectivity index is 1.87. The number of methoxy groups -OCH3 is 2. The maximum atomic E-state index is 13.2. The molecule has 0 aliphatic carbocycles. The summed E-state index contributed by atoms with van der Waals surface area (Å²) in [6.45, 7) is 5.67. The predicted molar refractivity (Wildman–Crippen MR) is 120 cm³/mol. The van der Waals surface area contributed by atoms with Gasteiger partial charge in [0.25, 0.3) is 5.91 Å². The van der Waals surface area contributed by atoms with Crippen molar-refractivity contribution >= 4 is 11.7 Å². The Kier molecular flexibility index (Phi) is 6.77. The zero-order valence-corrected chi connectivity index (χ0v) is 19.0. The van der Waals surface area contributed by atoms with Gasteiger partial charge in [-0.2, -0.15) is 0 Å². The van der Waals surface area contributed by atoms with Crippen molar-refractivity contribution in [1.82, 2.24) is 4.90 Å². The number of hydrogen-bond acceptors (Lipinski definition) is 6. The molecular formula is C25H29NO6. The molecule has 1 unspecified atom stereocenters. The number of hydrogen-bond donors (Lipinski definition) is 1. The van der Waals surface area contributed by atoms with E-state index in [4.69, 9.17) is 14.2 Å². The lowest BCUT2D eigenvalue weighted by Gasteiger charge is -2.29. The number of ketones is 1. The first kappa shape index (κ1) is 23.2. The number of aliphatic hydroxyl groups excluding tert-OH is 1. The van der Waals surface area contributed by atoms with Crippen LogP contribution in [0.1, 0.15) is 32.4 Å². The van der Waals surface area contributed by atoms with E-state index in [1.807, 2.05) is 0 Å². The molecule has 7 nitrogen and oxygen atoms in total. The maximum Gasteiger partial charge on any atom is 0.290 e. The van der Waals surface area contributed by atoms with Gasteiger partial charge >= 0.3 is 0 Å². The number of ether oxygens (including phenoxy) is 3. The van der Waals surface area contributed by atoms with Crippen molar-refractivity contribution in [3.63, 3.8) is 0 Å². The molecule has 170 valence electrons. The molecule has 0 saturated carbocycles. The lowest BCUT2D eigenvalue weighted by molar-refractivity contribution is -0.129. The molecule has 0 fully saturated rings. The van der Waals surface area contributed by atoms with Crippen molar-refractivity contribution < 1.29 is 28.9 Å². The van der Waals surface area contributed by atoms with Crippen molar-refractivity contribution in [3.05, 3.63) is 65.4 Å². The minimum Gasteiger partial charge on any atom is -0.503 e. The number of carbonyl (C=O) groups excluding carboxylic acids is 2. The Morgan fingerprint density at radius 2 is 1.44 bits per heavy atom. The molecule has 1 heterocycles. The molecule has 1 atom stereocenters. The third-order valence-corrected chi connectivity index (χ3v) is 5.32. The smallest absolute Gasteiger partial charge is 0.290 e. The van der Waals surface area contributed by atoms with E-state index in [1.54, 1.807) is 83.5 Å². The van der Waals surface area contributed by atoms with Crippen LogP contribution in [-0.2, 0) is 9.59 Å². The van der Waals surface area contributed by atoms with Gasteiger partial charge in [-0.1, -0.05) is 32.9 Å². The van der Waals surface area contributed by atoms with Gasteiger partial charge in [0, 0.05) is 5.41 Å². The standard InChI is InChI=1S/C25H29NO6/c1-25(2,3)23(28)20-21(16-6-8-17(30-4)9-7-16)26(24(29)22(20)27)14-15-32-19-12-10-18(31-5)11-13-19/h6-13,21,27H,14-15H2,1-5H3. The van der Waals surface area contributed by atoms with Crippen LogP contribution in [0.2, 0.25) is 0 Å². The molecule has 1 aliphatic rings. The minimum atomic E-state index is -0.760. The number of rotatable bonds is 8. The molecule has 32 heavy (non-hydrogen) atoms. The Bertz CT molecular complexity index is 1000. The Hall–Kier alpha value is -3.48. The number of nitrogens with zero attached hydrogens (tertiary/aromatic N) is 1. The molecule has 2 aromatic rings. The summed E-state index contributed by atoms with van der Waals surface area (Å²) in [4.78, 5) is 27.6. The summed E-state index contributed by atoms with van der Waals surface area (Å²) in [5.74, 6) is 0.631. The van der Waals surface area contributed by atoms with E-state index in [-0.39, 0.29) is 24.5 Å². The van der Waals surface area contributed by atoms with Crippen LogP contribution in [0.15, 0.2) is 59.9 Å². The van der Waals surface area contributed by atoms with E-state index in [1.165, 1.54) is 4.90 Å². The van der Waals surface area contributed by atoms with Crippen LogP contribution >= 0.6 is 0 Å². The second-order valence-corrected chi connectivity index (χ2v) is 8.54. The van der Waals surface area contributed by atoms with Gasteiger partial charge in [0.05, 0.1) is 32.4 Å². The van der Waals surface area contributed by atoms with E-state index in [2.05, 4.69) is 0 Å². The quantitative estimate of drug-likeness (QED) is 0.667. The molecule has 1 amide bonds. The van der Waals surface area contributed by atoms with Gasteiger partial charge in [0.1, 0.15) is 23.9 Å². The van der Waals surface area contributed by atoms with Gasteiger partial charge in [0.15, 0.2) is 11.5 Å². The molecule has 7 heteroatoms. The van der Waals surface area contributed by atoms with E-state index in [0.717, 1.165) is 0 Å². The van der Waals surface area contributed by atoms with Crippen molar-refractivity contribution in [3.8, 4) is 17.2 Å². The lowest BCUT2D eigenvalue weighted by atomic mass is 9.82. The van der Waals surface area contributed by atoms with Crippen molar-refractivity contribution in [2.45, 2.75) is 26.8 Å². The van der Waals surface area contributed by atoms with E-state index in [0.29, 0.717) is 22.8 Å². The molecular weight excluding hydrogens is 410 g/mol. The van der Waals surface area contributed by atoms with Gasteiger partial charge in [-0.15, -0.1) is 0 Å². The zero-order chi connectivity index (χ0) is 23.5. The summed E-state index contributed by atoms with van der Waals surface area (Å²) in [7, 11) is 3.15. The van der Waals surface area contributed by atoms with E-state index in [9.17, 15) is 14.7 Å². The van der Waals surface area contributed by atoms with Gasteiger partial charge < -0.3 is 24.2 Å². The number of carbonyl (C=O) groups is 2. The van der Waals surface area contributed by atoms with Crippen LogP contribution in [0.25, 0.3) is 0 Å². The SMILES string of the molecule is COc1ccc(OCCN2C(=O)C(O)=C(C(=O)C(C)(C)C)C2c2ccc(OC)cc2)cc1. The Morgan fingerprint density at radius 3 is 1.94 bits per heavy atom. The first-order chi connectivity index (χ1) is 15.2. The van der Waals surface area contributed by atoms with Gasteiger partial charge in [-0.05, 0) is 42.0 Å². The lowest BCUT2D eigenvalue weighted by Crippen LogP contribution is -2.35. The fraction of sp³-hybridized carbons (Fsp3) is 0.360. The highest BCUT2D eigenvalue weighted by atomic mass is 16.5. The monoisotopic (exact) mass is 439 g/mol. The number of aliphatic hydroxyl groups is 1. The summed E-state index contributed by atoms with van der Waals surface area (Å²) in [5, 5.41) is 10.7. The Morgan fingerprint density at radius 1 is 0.938 bits per heavy atom. The first-order valence-corrected chi connectivity index (χ1v) is 10.4. The van der Waals surface area contributed by atoms with Crippen LogP contribution < -0.4 is 14.2 Å². The van der Waals surface area contributed by atoms with Gasteiger partial charge in [-0.3, -0.25) is 9.59 Å². The highest BCUT2D eigenvalue weighted by Gasteiger charge is 2.45. The summed E-state index contributed by atoms with van der Waals surface area (Å²) in [6.07, 6.45) is 0. The maximum absolute atomic E-state index is 13.2. The molecule has 0 radical (unpaired) electrons. The van der Waals surface area contributed by atoms with Crippen LogP contribution in [0, 0.1) is 5.41 Å². The summed E-state index contributed by atoms with van der Waals surface area (Å²) in [5.41, 5.74) is 0.0570. The third-order valence-electron chi connectivity index (χ3n) is 5.32.